The average molecular weight is 488 g/mol. The van der Waals surface area contributed by atoms with Gasteiger partial charge >= 0.3 is 0 Å². The number of hydrogen-bond donors (Lipinski definition) is 2. The third-order valence-electron chi connectivity index (χ3n) is 7.61. The summed E-state index contributed by atoms with van der Waals surface area (Å²) >= 11 is 1.63. The number of hydrogen-bond acceptors (Lipinski definition) is 5. The Morgan fingerprint density at radius 2 is 1.91 bits per heavy atom. The Morgan fingerprint density at radius 1 is 1.09 bits per heavy atom. The molecule has 3 N–H and O–H groups in total. The van der Waals surface area contributed by atoms with Gasteiger partial charge < -0.3 is 16.0 Å². The van der Waals surface area contributed by atoms with Crippen molar-refractivity contribution in [2.45, 2.75) is 51.0 Å². The molecule has 1 amide bonds. The lowest BCUT2D eigenvalue weighted by molar-refractivity contribution is 0.100. The van der Waals surface area contributed by atoms with E-state index in [1.165, 1.54) is 62.0 Å². The number of carbonyl (C=O) groups is 1. The van der Waals surface area contributed by atoms with Crippen LogP contribution in [0.15, 0.2) is 42.5 Å². The van der Waals surface area contributed by atoms with E-state index in [-0.39, 0.29) is 0 Å². The summed E-state index contributed by atoms with van der Waals surface area (Å²) in [4.78, 5) is 20.4. The number of carbonyl (C=O) groups excluding carboxylic acids is 1. The molecule has 4 aromatic rings. The summed E-state index contributed by atoms with van der Waals surface area (Å²) < 4.78 is 3.36. The summed E-state index contributed by atoms with van der Waals surface area (Å²) in [7, 11) is 0. The second kappa shape index (κ2) is 9.72. The summed E-state index contributed by atoms with van der Waals surface area (Å²) in [5, 5.41) is 3.60. The van der Waals surface area contributed by atoms with E-state index in [1.807, 2.05) is 18.2 Å². The zero-order chi connectivity index (χ0) is 23.8. The molecule has 0 saturated carbocycles. The van der Waals surface area contributed by atoms with E-state index in [1.54, 1.807) is 11.3 Å². The van der Waals surface area contributed by atoms with Crippen molar-refractivity contribution < 1.29 is 4.79 Å². The lowest BCUT2D eigenvalue weighted by atomic mass is 10.0. The monoisotopic (exact) mass is 487 g/mol. The fourth-order valence-corrected chi connectivity index (χ4v) is 6.82. The molecule has 2 aliphatic rings. The van der Waals surface area contributed by atoms with Crippen molar-refractivity contribution >= 4 is 32.4 Å². The van der Waals surface area contributed by atoms with Crippen LogP contribution >= 0.6 is 11.3 Å². The number of aromatic nitrogens is 2. The maximum atomic E-state index is 11.7. The van der Waals surface area contributed by atoms with Crippen LogP contribution in [0.1, 0.15) is 66.2 Å². The van der Waals surface area contributed by atoms with Gasteiger partial charge in [-0.15, -0.1) is 0 Å². The molecule has 0 radical (unpaired) electrons. The van der Waals surface area contributed by atoms with E-state index < -0.39 is 5.91 Å². The van der Waals surface area contributed by atoms with Crippen LogP contribution in [0.5, 0.6) is 0 Å². The average Bonchev–Trinajstić information content (AvgIpc) is 3.61. The van der Waals surface area contributed by atoms with Crippen molar-refractivity contribution in [3.8, 4) is 11.3 Å². The van der Waals surface area contributed by atoms with Gasteiger partial charge in [0.05, 0.1) is 21.6 Å². The van der Waals surface area contributed by atoms with Gasteiger partial charge in [-0.1, -0.05) is 42.0 Å². The number of likely N-dealkylation sites (tertiary alicyclic amines) is 1. The number of aryl methyl sites for hydroxylation is 1. The third kappa shape index (κ3) is 4.48. The number of nitrogens with one attached hydrogen (secondary N) is 1. The Morgan fingerprint density at radius 3 is 2.66 bits per heavy atom. The molecule has 182 valence electrons. The summed E-state index contributed by atoms with van der Waals surface area (Å²) in [5.74, 6) is -0.391. The molecule has 1 atom stereocenters. The van der Waals surface area contributed by atoms with Gasteiger partial charge in [0.2, 0.25) is 5.91 Å². The second-order valence-corrected chi connectivity index (χ2v) is 11.0. The molecule has 0 spiro atoms. The maximum absolute atomic E-state index is 11.7. The minimum Gasteiger partial charge on any atom is -0.366 e. The second-order valence-electron chi connectivity index (χ2n) is 9.95. The SMILES string of the molecule is NC(=O)c1ccc2c(c1)sc1nc(-c3ccc(C4CCCN4)cc3)c(CCCN3CCCCC3)n12. The number of primary amides is 1. The van der Waals surface area contributed by atoms with Gasteiger partial charge in [-0.2, -0.15) is 0 Å². The molecule has 6 rings (SSSR count). The third-order valence-corrected chi connectivity index (χ3v) is 8.62. The summed E-state index contributed by atoms with van der Waals surface area (Å²) in [6.07, 6.45) is 8.55. The van der Waals surface area contributed by atoms with Gasteiger partial charge in [-0.3, -0.25) is 9.20 Å². The van der Waals surface area contributed by atoms with Crippen molar-refractivity contribution in [1.82, 2.24) is 19.6 Å². The number of piperidine rings is 1. The Kier molecular flexibility index (Phi) is 6.31. The van der Waals surface area contributed by atoms with Crippen molar-refractivity contribution in [1.29, 1.82) is 0 Å². The number of rotatable bonds is 7. The van der Waals surface area contributed by atoms with E-state index in [2.05, 4.69) is 38.9 Å². The molecular formula is C28H33N5OS. The first-order valence-electron chi connectivity index (χ1n) is 13.0. The molecule has 6 nitrogen and oxygen atoms in total. The first kappa shape index (κ1) is 22.7. The fourth-order valence-electron chi connectivity index (χ4n) is 5.74. The van der Waals surface area contributed by atoms with Crippen LogP contribution in [0.2, 0.25) is 0 Å². The predicted octanol–water partition coefficient (Wildman–Crippen LogP) is 5.16. The lowest BCUT2D eigenvalue weighted by Crippen LogP contribution is -2.30. The van der Waals surface area contributed by atoms with Gasteiger partial charge in [0.1, 0.15) is 0 Å². The molecule has 0 bridgehead atoms. The number of benzene rings is 2. The Hall–Kier alpha value is -2.74. The van der Waals surface area contributed by atoms with Gasteiger partial charge in [-0.25, -0.2) is 4.98 Å². The molecule has 35 heavy (non-hydrogen) atoms. The van der Waals surface area contributed by atoms with Crippen LogP contribution in [0.25, 0.3) is 26.4 Å². The van der Waals surface area contributed by atoms with Crippen LogP contribution in [-0.4, -0.2) is 46.4 Å². The fraction of sp³-hybridized carbons (Fsp3) is 0.429. The van der Waals surface area contributed by atoms with Gasteiger partial charge in [0, 0.05) is 17.2 Å². The zero-order valence-electron chi connectivity index (χ0n) is 20.1. The predicted molar refractivity (Wildman–Crippen MR) is 143 cm³/mol. The van der Waals surface area contributed by atoms with Crippen molar-refractivity contribution in [3.63, 3.8) is 0 Å². The molecule has 0 aliphatic carbocycles. The highest BCUT2D eigenvalue weighted by Gasteiger charge is 2.21. The van der Waals surface area contributed by atoms with Crippen LogP contribution in [0.4, 0.5) is 0 Å². The van der Waals surface area contributed by atoms with Gasteiger partial charge in [-0.05, 0) is 88.5 Å². The highest BCUT2D eigenvalue weighted by molar-refractivity contribution is 7.23. The van der Waals surface area contributed by atoms with Gasteiger partial charge in [0.15, 0.2) is 4.96 Å². The van der Waals surface area contributed by atoms with E-state index in [9.17, 15) is 4.79 Å². The molecule has 7 heteroatoms. The molecule has 1 unspecified atom stereocenters. The van der Waals surface area contributed by atoms with Crippen molar-refractivity contribution in [2.75, 3.05) is 26.2 Å². The molecule has 2 saturated heterocycles. The normalized spacial score (nSPS) is 19.1. The highest BCUT2D eigenvalue weighted by atomic mass is 32.1. The largest absolute Gasteiger partial charge is 0.366 e. The molecule has 4 heterocycles. The first-order valence-corrected chi connectivity index (χ1v) is 13.8. The van der Waals surface area contributed by atoms with Crippen LogP contribution in [0.3, 0.4) is 0 Å². The number of fused-ring (bicyclic) bond motifs is 3. The molecule has 2 aromatic heterocycles. The molecule has 2 aliphatic heterocycles. The summed E-state index contributed by atoms with van der Waals surface area (Å²) in [5.41, 5.74) is 12.1. The van der Waals surface area contributed by atoms with E-state index >= 15 is 0 Å². The molecule has 2 aromatic carbocycles. The van der Waals surface area contributed by atoms with Crippen LogP contribution in [-0.2, 0) is 6.42 Å². The van der Waals surface area contributed by atoms with E-state index in [0.29, 0.717) is 11.6 Å². The molecule has 2 fully saturated rings. The first-order chi connectivity index (χ1) is 17.2. The van der Waals surface area contributed by atoms with Crippen LogP contribution in [0, 0.1) is 0 Å². The summed E-state index contributed by atoms with van der Waals surface area (Å²) in [6.45, 7) is 4.69. The number of nitrogens with zero attached hydrogens (tertiary/aromatic N) is 3. The number of amides is 1. The quantitative estimate of drug-likeness (QED) is 0.378. The van der Waals surface area contributed by atoms with Gasteiger partial charge in [0.25, 0.3) is 0 Å². The highest BCUT2D eigenvalue weighted by Crippen LogP contribution is 2.35. The van der Waals surface area contributed by atoms with Crippen molar-refractivity contribution in [2.24, 2.45) is 5.73 Å². The van der Waals surface area contributed by atoms with Crippen LogP contribution < -0.4 is 11.1 Å². The Bertz CT molecular complexity index is 1340. The minimum absolute atomic E-state index is 0.391. The Balaban J connectivity index is 1.36. The number of thiazole rings is 1. The Labute approximate surface area is 210 Å². The standard InChI is InChI=1S/C28H33N5OS/c29-27(34)21-12-13-23-25(18-21)35-28-31-26(20-10-8-19(9-11-20)22-6-4-14-30-22)24(33(23)28)7-5-17-32-15-2-1-3-16-32/h8-13,18,22,30H,1-7,14-17H2,(H2,29,34). The number of nitrogens with two attached hydrogens (primary N) is 1. The smallest absolute Gasteiger partial charge is 0.248 e. The summed E-state index contributed by atoms with van der Waals surface area (Å²) in [6, 6.07) is 15.2. The van der Waals surface area contributed by atoms with E-state index in [4.69, 9.17) is 10.7 Å². The van der Waals surface area contributed by atoms with E-state index in [0.717, 1.165) is 46.8 Å². The van der Waals surface area contributed by atoms with Crippen molar-refractivity contribution in [3.05, 3.63) is 59.3 Å². The molecular weight excluding hydrogens is 454 g/mol. The minimum atomic E-state index is -0.391. The zero-order valence-corrected chi connectivity index (χ0v) is 20.9. The number of imidazole rings is 1. The topological polar surface area (TPSA) is 75.7 Å². The maximum Gasteiger partial charge on any atom is 0.248 e. The lowest BCUT2D eigenvalue weighted by Gasteiger charge is -2.26.